The molecule has 670 valence electrons. The van der Waals surface area contributed by atoms with E-state index in [9.17, 15) is 46.8 Å². The first kappa shape index (κ1) is 112. The van der Waals surface area contributed by atoms with Gasteiger partial charge in [0, 0.05) is 97.6 Å². The van der Waals surface area contributed by atoms with Gasteiger partial charge < -0.3 is 48.9 Å². The van der Waals surface area contributed by atoms with Crippen molar-refractivity contribution in [3.8, 4) is 11.5 Å². The predicted octanol–water partition coefficient (Wildman–Crippen LogP) is 15.5. The third kappa shape index (κ3) is 42.1. The first-order valence-corrected chi connectivity index (χ1v) is 46.2. The Bertz CT molecular complexity index is 5570. The van der Waals surface area contributed by atoms with E-state index in [1.54, 1.807) is 197 Å². The number of rotatable bonds is 24. The number of thiocarbonyl (C=S) groups is 2. The number of thioether (sulfide) groups is 3. The van der Waals surface area contributed by atoms with Gasteiger partial charge in [0.15, 0.2) is 39.4 Å². The van der Waals surface area contributed by atoms with Gasteiger partial charge in [-0.25, -0.2) is 22.8 Å². The van der Waals surface area contributed by atoms with Crippen LogP contribution in [0.15, 0.2) is 359 Å². The predicted molar refractivity (Wildman–Crippen MR) is 528 cm³/mol. The van der Waals surface area contributed by atoms with E-state index in [2.05, 4.69) is 93.3 Å². The van der Waals surface area contributed by atoms with Gasteiger partial charge in [-0.2, -0.15) is 0 Å². The van der Waals surface area contributed by atoms with E-state index < -0.39 is 22.7 Å². The van der Waals surface area contributed by atoms with E-state index >= 15 is 0 Å². The molecule has 0 saturated carbocycles. The number of nitrogens with zero attached hydrogens (tertiary/aromatic N) is 3. The van der Waals surface area contributed by atoms with Crippen molar-refractivity contribution in [2.45, 2.75) is 36.8 Å². The Morgan fingerprint density at radius 3 is 1.12 bits per heavy atom. The van der Waals surface area contributed by atoms with Crippen LogP contribution in [0.4, 0.5) is 4.79 Å². The average Bonchev–Trinajstić information content (AvgIpc) is 0.755. The van der Waals surface area contributed by atoms with E-state index in [0.717, 1.165) is 79.0 Å². The van der Waals surface area contributed by atoms with Gasteiger partial charge in [-0.1, -0.05) is 291 Å². The number of hydrogen-bond acceptors (Lipinski definition) is 23. The number of carbonyl (C=O) groups is 9. The SMILES string of the molecule is CN(C)C(=O)Sc1ccccc1C=O.CN(C)C(=S)Cl.CN(C)C(=S)Oc1ccccc1C=O.COC(=O)/C=C/c1ccccc1S(=O)(=O)Cc1ccccc1.COC(=O)/C=C/c1ccccc1SCc1ccccc1.COC(=O)C=P(c1ccccc1)(c1ccccc1)c1ccccc1.O=CO[O-].O=Cc1ccccc1O.O=Cc1ccccc1SCc1ccccc1.[Na+]. The van der Waals surface area contributed by atoms with Crippen molar-refractivity contribution in [1.82, 2.24) is 14.7 Å². The molecule has 0 fully saturated rings. The molecule has 0 spiro atoms. The normalized spacial score (nSPS) is 9.99. The Morgan fingerprint density at radius 1 is 0.415 bits per heavy atom. The number of phenols is 1. The number of para-hydroxylation sites is 2. The monoisotopic (exact) mass is 1910 g/mol. The number of halogens is 1. The summed E-state index contributed by atoms with van der Waals surface area (Å²) in [6.07, 6.45) is 8.92. The summed E-state index contributed by atoms with van der Waals surface area (Å²) in [5.41, 5.74) is 6.90. The summed E-state index contributed by atoms with van der Waals surface area (Å²) in [6, 6.07) is 103. The Kier molecular flexibility index (Phi) is 55.9. The third-order valence-electron chi connectivity index (χ3n) is 16.8. The molecule has 1 N–H and O–H groups in total. The first-order valence-electron chi connectivity index (χ1n) is 38.7. The number of amides is 1. The molecule has 0 aliphatic heterocycles. The van der Waals surface area contributed by atoms with Crippen molar-refractivity contribution >= 4 is 186 Å². The van der Waals surface area contributed by atoms with Crippen molar-refractivity contribution in [2.24, 2.45) is 0 Å². The number of hydrogen-bond donors (Lipinski definition) is 1. The van der Waals surface area contributed by atoms with Crippen LogP contribution in [0.2, 0.25) is 0 Å². The molecule has 0 radical (unpaired) electrons. The van der Waals surface area contributed by atoms with Crippen LogP contribution in [0.5, 0.6) is 11.5 Å². The molecule has 0 aromatic heterocycles. The number of phenolic OH excluding ortho intramolecular Hbond substituents is 1. The van der Waals surface area contributed by atoms with Crippen LogP contribution in [-0.4, -0.2) is 162 Å². The molecular formula is C100H98ClN3NaO18PS6. The third-order valence-corrected chi connectivity index (χ3v) is 27.1. The largest absolute Gasteiger partial charge is 1.00 e. The minimum absolute atomic E-state index is 0. The van der Waals surface area contributed by atoms with Crippen LogP contribution >= 0.6 is 78.2 Å². The van der Waals surface area contributed by atoms with Gasteiger partial charge in [0.05, 0.1) is 43.1 Å². The molecule has 0 atom stereocenters. The number of ether oxygens (including phenoxy) is 4. The average molecular weight is 1910 g/mol. The summed E-state index contributed by atoms with van der Waals surface area (Å²) in [5, 5.41) is 21.0. The maximum atomic E-state index is 12.6. The van der Waals surface area contributed by atoms with Crippen LogP contribution in [-0.2, 0) is 65.4 Å². The second kappa shape index (κ2) is 64.8. The molecule has 0 saturated heterocycles. The zero-order valence-corrected chi connectivity index (χ0v) is 81.6. The quantitative estimate of drug-likeness (QED) is 0.00478. The number of benzene rings is 12. The van der Waals surface area contributed by atoms with Crippen LogP contribution in [0, 0.1) is 0 Å². The van der Waals surface area contributed by atoms with E-state index in [1.807, 2.05) is 140 Å². The van der Waals surface area contributed by atoms with E-state index in [4.69, 9.17) is 48.5 Å². The molecule has 0 heterocycles. The van der Waals surface area contributed by atoms with Crippen molar-refractivity contribution in [3.05, 3.63) is 390 Å². The standard InChI is InChI=1S/C21H19O2P.C17H16O4S.C17H16O2S.C14H12OS.2C10H11NO2S.C7H6O2.C3H6ClNS.CH2O3.Na/c1-23-21(22)17-24(18-11-5-2-6-12-18,19-13-7-3-8-14-19)20-15-9-4-10-16-20;1-21-17(18)12-11-15-9-5-6-10-16(15)22(19,20)13-14-7-3-2-4-8-14;1-19-17(18)12-11-15-9-5-6-10-16(15)20-13-14-7-3-2-4-8-14;15-10-13-8-4-5-9-14(13)16-11-12-6-2-1-3-7-12;1-11(2)10(13)14-9-6-4-3-5-8(9)7-12;1-11(2)10(14)13-9-6-4-3-5-8(9)7-12;8-5-6-3-1-2-4-7(6)9;1-5(2)3(4)6;2-1-4-3;/h2-17H,1H3;2-12H,13H2,1H3;2-12H,13H2,1H3;1-10H,11H2;2*3-7H,1-2H3;1-5,9H;1-2H3;1,3H;/q;;;;;;;;;+1/p-1/b;2*12-11+;;;;;;;. The van der Waals surface area contributed by atoms with Gasteiger partial charge in [-0.3, -0.25) is 28.8 Å². The first-order chi connectivity index (χ1) is 62.2. The van der Waals surface area contributed by atoms with Crippen LogP contribution < -0.4 is 55.5 Å². The topological polar surface area (TPSA) is 287 Å². The summed E-state index contributed by atoms with van der Waals surface area (Å²) in [6.45, 7) is -2.41. The van der Waals surface area contributed by atoms with Gasteiger partial charge in [0.1, 0.15) is 11.5 Å². The summed E-state index contributed by atoms with van der Waals surface area (Å²) >= 11 is 19.2. The van der Waals surface area contributed by atoms with E-state index in [0.29, 0.717) is 54.4 Å². The molecule has 12 aromatic rings. The van der Waals surface area contributed by atoms with Gasteiger partial charge in [0.25, 0.3) is 16.9 Å². The Hall–Kier alpha value is -11.9. The zero-order chi connectivity index (χ0) is 94.6. The fourth-order valence-corrected chi connectivity index (χ4v) is 18.4. The number of carbonyl (C=O) groups excluding carboxylic acids is 9. The molecule has 0 bridgehead atoms. The Labute approximate surface area is 811 Å². The van der Waals surface area contributed by atoms with Gasteiger partial charge >= 0.3 is 47.5 Å². The van der Waals surface area contributed by atoms with Crippen LogP contribution in [0.25, 0.3) is 12.2 Å². The maximum absolute atomic E-state index is 12.6. The van der Waals surface area contributed by atoms with Gasteiger partial charge in [-0.15, -0.1) is 23.5 Å². The minimum atomic E-state index is -3.50. The van der Waals surface area contributed by atoms with E-state index in [-0.39, 0.29) is 69.6 Å². The van der Waals surface area contributed by atoms with Crippen molar-refractivity contribution in [1.29, 1.82) is 0 Å². The summed E-state index contributed by atoms with van der Waals surface area (Å²) in [5.74, 6) is 2.83. The molecule has 12 aromatic carbocycles. The second-order valence-electron chi connectivity index (χ2n) is 26.5. The molecule has 0 aliphatic rings. The molecule has 1 amide bonds. The summed E-state index contributed by atoms with van der Waals surface area (Å²) in [4.78, 5) is 107. The maximum Gasteiger partial charge on any atom is 1.00 e. The fourth-order valence-electron chi connectivity index (χ4n) is 10.3. The molecule has 0 aliphatic carbocycles. The zero-order valence-electron chi connectivity index (χ0n) is 73.1. The molecular weight excluding hydrogens is 1810 g/mol. The van der Waals surface area contributed by atoms with Crippen LogP contribution in [0.1, 0.15) is 69.2 Å². The fraction of sp³-hybridized carbons (Fsp3) is 0.120. The molecule has 130 heavy (non-hydrogen) atoms. The van der Waals surface area contributed by atoms with Gasteiger partial charge in [-0.05, 0) is 147 Å². The van der Waals surface area contributed by atoms with Gasteiger partial charge in [0.2, 0.25) is 0 Å². The van der Waals surface area contributed by atoms with Crippen molar-refractivity contribution < 1.29 is 115 Å². The number of aldehydes is 4. The molecule has 0 unspecified atom stereocenters. The molecule has 21 nitrogen and oxygen atoms in total. The number of esters is 3. The van der Waals surface area contributed by atoms with Crippen LogP contribution in [0.3, 0.4) is 0 Å². The Morgan fingerprint density at radius 2 is 0.738 bits per heavy atom. The smallest absolute Gasteiger partial charge is 0.662 e. The van der Waals surface area contributed by atoms with Crippen molar-refractivity contribution in [3.63, 3.8) is 0 Å². The Balaban J connectivity index is 0.000000389. The minimum Gasteiger partial charge on any atom is -0.662 e. The summed E-state index contributed by atoms with van der Waals surface area (Å²) in [7, 11) is 11.1. The number of methoxy groups -OCH3 is 3. The number of sulfone groups is 1. The molecule has 12 rings (SSSR count). The molecule has 30 heteroatoms. The van der Waals surface area contributed by atoms with Crippen molar-refractivity contribution in [2.75, 3.05) is 63.6 Å². The van der Waals surface area contributed by atoms with E-state index in [1.165, 1.54) is 67.7 Å². The second-order valence-corrected chi connectivity index (χ2v) is 36.0. The summed E-state index contributed by atoms with van der Waals surface area (Å²) < 4.78 is 45.0. The number of aromatic hydroxyl groups is 1.